The zero-order valence-corrected chi connectivity index (χ0v) is 24.4. The lowest BCUT2D eigenvalue weighted by Gasteiger charge is -2.34. The third-order valence-corrected chi connectivity index (χ3v) is 8.79. The van der Waals surface area contributed by atoms with Crippen molar-refractivity contribution in [2.75, 3.05) is 4.90 Å². The molecule has 2 heterocycles. The number of benzene rings is 7. The van der Waals surface area contributed by atoms with Gasteiger partial charge in [0.1, 0.15) is 0 Å². The quantitative estimate of drug-likeness (QED) is 0.210. The van der Waals surface area contributed by atoms with Crippen LogP contribution in [0.2, 0.25) is 0 Å². The highest BCUT2D eigenvalue weighted by molar-refractivity contribution is 6.14. The summed E-state index contributed by atoms with van der Waals surface area (Å²) in [6, 6.07) is 57.8. The van der Waals surface area contributed by atoms with Gasteiger partial charge in [0.25, 0.3) is 0 Å². The summed E-state index contributed by atoms with van der Waals surface area (Å²) in [5, 5.41) is 2.49. The van der Waals surface area contributed by atoms with Crippen molar-refractivity contribution in [1.82, 2.24) is 9.97 Å². The molecule has 0 N–H and O–H groups in total. The Kier molecular flexibility index (Phi) is 5.82. The van der Waals surface area contributed by atoms with Gasteiger partial charge < -0.3 is 4.90 Å². The second-order valence-corrected chi connectivity index (χ2v) is 11.4. The van der Waals surface area contributed by atoms with Crippen molar-refractivity contribution >= 4 is 38.9 Å². The van der Waals surface area contributed by atoms with Crippen molar-refractivity contribution in [2.24, 2.45) is 0 Å². The number of hydrogen-bond donors (Lipinski definition) is 0. The van der Waals surface area contributed by atoms with Gasteiger partial charge in [0.15, 0.2) is 0 Å². The lowest BCUT2D eigenvalue weighted by molar-refractivity contribution is 1.25. The molecule has 0 fully saturated rings. The maximum absolute atomic E-state index is 5.32. The highest BCUT2D eigenvalue weighted by Gasteiger charge is 2.28. The van der Waals surface area contributed by atoms with E-state index in [-0.39, 0.29) is 0 Å². The van der Waals surface area contributed by atoms with Gasteiger partial charge in [-0.2, -0.15) is 0 Å². The standard InChI is InChI=1S/C42H27N3/c1-2-12-28(13-3-1)29-24-26-31(27-25-29)41-42(44-36-20-7-6-19-35(36)43-41)34-17-5-9-22-38(34)45-37-21-8-4-16-32(37)33-18-10-14-30-15-11-23-39(45)40(30)33/h1-27H. The van der Waals surface area contributed by atoms with E-state index in [1.807, 2.05) is 30.3 Å². The number of para-hydroxylation sites is 4. The molecule has 0 unspecified atom stereocenters. The number of rotatable bonds is 4. The second kappa shape index (κ2) is 10.3. The predicted molar refractivity (Wildman–Crippen MR) is 187 cm³/mol. The van der Waals surface area contributed by atoms with Gasteiger partial charge in [-0.1, -0.05) is 133 Å². The Balaban J connectivity index is 1.29. The molecule has 0 saturated heterocycles. The van der Waals surface area contributed by atoms with Crippen LogP contribution in [0.15, 0.2) is 164 Å². The Labute approximate surface area is 261 Å². The van der Waals surface area contributed by atoms with Crippen molar-refractivity contribution in [1.29, 1.82) is 0 Å². The van der Waals surface area contributed by atoms with Crippen LogP contribution in [0.5, 0.6) is 0 Å². The third kappa shape index (κ3) is 4.13. The molecule has 0 radical (unpaired) electrons. The van der Waals surface area contributed by atoms with Crippen molar-refractivity contribution in [2.45, 2.75) is 0 Å². The normalized spacial score (nSPS) is 12.0. The zero-order chi connectivity index (χ0) is 29.7. The van der Waals surface area contributed by atoms with Crippen molar-refractivity contribution in [3.8, 4) is 44.8 Å². The van der Waals surface area contributed by atoms with Crippen LogP contribution in [-0.4, -0.2) is 9.97 Å². The molecular weight excluding hydrogens is 546 g/mol. The summed E-state index contributed by atoms with van der Waals surface area (Å²) >= 11 is 0. The van der Waals surface area contributed by atoms with E-state index in [1.54, 1.807) is 0 Å². The number of nitrogens with zero attached hydrogens (tertiary/aromatic N) is 3. The van der Waals surface area contributed by atoms with Crippen LogP contribution in [-0.2, 0) is 0 Å². The van der Waals surface area contributed by atoms with Gasteiger partial charge in [0.2, 0.25) is 0 Å². The average Bonchev–Trinajstić information content (AvgIpc) is 3.12. The van der Waals surface area contributed by atoms with Crippen LogP contribution >= 0.6 is 0 Å². The van der Waals surface area contributed by atoms with Gasteiger partial charge in [-0.05, 0) is 52.4 Å². The van der Waals surface area contributed by atoms with Gasteiger partial charge in [-0.25, -0.2) is 9.97 Å². The molecule has 0 atom stereocenters. The topological polar surface area (TPSA) is 29.0 Å². The van der Waals surface area contributed by atoms with E-state index in [1.165, 1.54) is 33.0 Å². The average molecular weight is 574 g/mol. The first-order chi connectivity index (χ1) is 22.3. The SMILES string of the molecule is c1ccc(-c2ccc(-c3nc4ccccc4nc3-c3ccccc3N3c4ccccc4-c4cccc5cccc3c45)cc2)cc1. The van der Waals surface area contributed by atoms with Crippen molar-refractivity contribution in [3.05, 3.63) is 164 Å². The van der Waals surface area contributed by atoms with E-state index < -0.39 is 0 Å². The van der Waals surface area contributed by atoms with E-state index in [4.69, 9.17) is 9.97 Å². The Morgan fingerprint density at radius 3 is 1.60 bits per heavy atom. The first kappa shape index (κ1) is 25.4. The summed E-state index contributed by atoms with van der Waals surface area (Å²) in [4.78, 5) is 13.0. The van der Waals surface area contributed by atoms with Crippen molar-refractivity contribution < 1.29 is 0 Å². The van der Waals surface area contributed by atoms with Crippen LogP contribution < -0.4 is 4.90 Å². The fourth-order valence-electron chi connectivity index (χ4n) is 6.73. The third-order valence-electron chi connectivity index (χ3n) is 8.79. The fourth-order valence-corrected chi connectivity index (χ4v) is 6.73. The minimum Gasteiger partial charge on any atom is -0.309 e. The smallest absolute Gasteiger partial charge is 0.0994 e. The van der Waals surface area contributed by atoms with Gasteiger partial charge in [0, 0.05) is 22.1 Å². The zero-order valence-electron chi connectivity index (χ0n) is 24.4. The lowest BCUT2D eigenvalue weighted by Crippen LogP contribution is -2.16. The van der Waals surface area contributed by atoms with Crippen LogP contribution in [0.4, 0.5) is 17.1 Å². The largest absolute Gasteiger partial charge is 0.309 e. The van der Waals surface area contributed by atoms with Crippen LogP contribution in [0.3, 0.4) is 0 Å². The molecule has 45 heavy (non-hydrogen) atoms. The van der Waals surface area contributed by atoms with Gasteiger partial charge in [-0.15, -0.1) is 0 Å². The molecule has 210 valence electrons. The summed E-state index contributed by atoms with van der Waals surface area (Å²) in [5.74, 6) is 0. The van der Waals surface area contributed by atoms with Gasteiger partial charge in [0.05, 0.1) is 39.5 Å². The summed E-state index contributed by atoms with van der Waals surface area (Å²) in [6.45, 7) is 0. The maximum atomic E-state index is 5.32. The van der Waals surface area contributed by atoms with Gasteiger partial charge >= 0.3 is 0 Å². The molecule has 0 bridgehead atoms. The first-order valence-electron chi connectivity index (χ1n) is 15.3. The molecule has 0 aliphatic carbocycles. The Morgan fingerprint density at radius 2 is 0.844 bits per heavy atom. The second-order valence-electron chi connectivity index (χ2n) is 11.4. The van der Waals surface area contributed by atoms with Crippen LogP contribution in [0.1, 0.15) is 0 Å². The molecule has 3 nitrogen and oxygen atoms in total. The minimum atomic E-state index is 0.861. The maximum Gasteiger partial charge on any atom is 0.0994 e. The molecule has 0 amide bonds. The van der Waals surface area contributed by atoms with Gasteiger partial charge in [-0.3, -0.25) is 0 Å². The number of aromatic nitrogens is 2. The minimum absolute atomic E-state index is 0.861. The highest BCUT2D eigenvalue weighted by Crippen LogP contribution is 2.52. The Bertz CT molecular complexity index is 2370. The van der Waals surface area contributed by atoms with E-state index >= 15 is 0 Å². The molecular formula is C42H27N3. The molecule has 8 aromatic rings. The molecule has 0 spiro atoms. The Hall–Kier alpha value is -6.06. The summed E-state index contributed by atoms with van der Waals surface area (Å²) in [5.41, 5.74) is 13.8. The molecule has 7 aromatic carbocycles. The highest BCUT2D eigenvalue weighted by atomic mass is 15.2. The lowest BCUT2D eigenvalue weighted by atomic mass is 9.90. The van der Waals surface area contributed by atoms with Crippen molar-refractivity contribution in [3.63, 3.8) is 0 Å². The van der Waals surface area contributed by atoms with E-state index in [9.17, 15) is 0 Å². The van der Waals surface area contributed by atoms with E-state index in [0.29, 0.717) is 0 Å². The number of hydrogen-bond acceptors (Lipinski definition) is 3. The fraction of sp³-hybridized carbons (Fsp3) is 0. The predicted octanol–water partition coefficient (Wildman–Crippen LogP) is 11.2. The van der Waals surface area contributed by atoms with E-state index in [2.05, 4.69) is 138 Å². The Morgan fingerprint density at radius 1 is 0.333 bits per heavy atom. The molecule has 0 saturated carbocycles. The molecule has 1 aliphatic heterocycles. The van der Waals surface area contributed by atoms with E-state index in [0.717, 1.165) is 50.6 Å². The molecule has 9 rings (SSSR count). The molecule has 1 aromatic heterocycles. The monoisotopic (exact) mass is 573 g/mol. The molecule has 1 aliphatic rings. The summed E-state index contributed by atoms with van der Waals surface area (Å²) in [7, 11) is 0. The number of fused-ring (bicyclic) bond motifs is 3. The first-order valence-corrected chi connectivity index (χ1v) is 15.3. The summed E-state index contributed by atoms with van der Waals surface area (Å²) in [6.07, 6.45) is 0. The summed E-state index contributed by atoms with van der Waals surface area (Å²) < 4.78 is 0. The number of anilines is 3. The molecule has 3 heteroatoms. The van der Waals surface area contributed by atoms with Crippen LogP contribution in [0, 0.1) is 0 Å². The van der Waals surface area contributed by atoms with Crippen LogP contribution in [0.25, 0.3) is 66.6 Å².